The van der Waals surface area contributed by atoms with Gasteiger partial charge in [-0.3, -0.25) is 0 Å². The van der Waals surface area contributed by atoms with Crippen LogP contribution >= 0.6 is 0 Å². The molecule has 1 aromatic carbocycles. The second-order valence-electron chi connectivity index (χ2n) is 7.37. The SMILES string of the molecule is COC(=O)c1ccc(N2CCN(C(=O)OC(C)(C)C)CC2)c2nnccc12. The Morgan fingerprint density at radius 3 is 2.41 bits per heavy atom. The summed E-state index contributed by atoms with van der Waals surface area (Å²) in [5.74, 6) is -0.408. The highest BCUT2D eigenvalue weighted by atomic mass is 16.6. The van der Waals surface area contributed by atoms with Gasteiger partial charge in [-0.15, -0.1) is 5.10 Å². The molecule has 0 aliphatic carbocycles. The van der Waals surface area contributed by atoms with Crippen LogP contribution in [0.1, 0.15) is 31.1 Å². The molecule has 8 heteroatoms. The number of methoxy groups -OCH3 is 1. The minimum atomic E-state index is -0.510. The standard InChI is InChI=1S/C19H24N4O4/c1-19(2,3)27-18(25)23-11-9-22(10-12-23)15-6-5-14(17(24)26-4)13-7-8-20-21-16(13)15/h5-8H,9-12H2,1-4H3. The number of nitrogens with zero attached hydrogens (tertiary/aromatic N) is 4. The molecule has 27 heavy (non-hydrogen) atoms. The first-order chi connectivity index (χ1) is 12.8. The van der Waals surface area contributed by atoms with Gasteiger partial charge in [-0.2, -0.15) is 5.10 Å². The fourth-order valence-electron chi connectivity index (χ4n) is 3.07. The fourth-order valence-corrected chi connectivity index (χ4v) is 3.07. The van der Waals surface area contributed by atoms with Gasteiger partial charge in [0.15, 0.2) is 0 Å². The third-order valence-electron chi connectivity index (χ3n) is 4.34. The van der Waals surface area contributed by atoms with E-state index in [4.69, 9.17) is 9.47 Å². The number of piperazine rings is 1. The predicted octanol–water partition coefficient (Wildman–Crippen LogP) is 2.47. The highest BCUT2D eigenvalue weighted by Gasteiger charge is 2.27. The Morgan fingerprint density at radius 2 is 1.78 bits per heavy atom. The third-order valence-corrected chi connectivity index (χ3v) is 4.34. The maximum atomic E-state index is 12.2. The maximum Gasteiger partial charge on any atom is 0.410 e. The van der Waals surface area contributed by atoms with Gasteiger partial charge in [0.25, 0.3) is 0 Å². The molecule has 2 aromatic rings. The number of amides is 1. The highest BCUT2D eigenvalue weighted by Crippen LogP contribution is 2.28. The van der Waals surface area contributed by atoms with E-state index in [1.54, 1.807) is 23.2 Å². The summed E-state index contributed by atoms with van der Waals surface area (Å²) in [7, 11) is 1.35. The molecular formula is C19H24N4O4. The van der Waals surface area contributed by atoms with Crippen molar-refractivity contribution in [1.29, 1.82) is 0 Å². The molecule has 1 aromatic heterocycles. The van der Waals surface area contributed by atoms with E-state index in [9.17, 15) is 9.59 Å². The molecule has 2 heterocycles. The zero-order valence-corrected chi connectivity index (χ0v) is 16.1. The molecular weight excluding hydrogens is 348 g/mol. The average molecular weight is 372 g/mol. The molecule has 0 radical (unpaired) electrons. The minimum absolute atomic E-state index is 0.298. The largest absolute Gasteiger partial charge is 0.465 e. The lowest BCUT2D eigenvalue weighted by Gasteiger charge is -2.37. The topological polar surface area (TPSA) is 84.9 Å². The number of hydrogen-bond donors (Lipinski definition) is 0. The Bertz CT molecular complexity index is 854. The van der Waals surface area contributed by atoms with E-state index in [1.165, 1.54) is 7.11 Å². The Balaban J connectivity index is 1.80. The molecule has 0 unspecified atom stereocenters. The number of ether oxygens (including phenoxy) is 2. The molecule has 0 spiro atoms. The van der Waals surface area contributed by atoms with Crippen LogP contribution < -0.4 is 4.90 Å². The van der Waals surface area contributed by atoms with Gasteiger partial charge in [-0.05, 0) is 39.0 Å². The molecule has 0 bridgehead atoms. The van der Waals surface area contributed by atoms with Crippen molar-refractivity contribution in [1.82, 2.24) is 15.1 Å². The summed E-state index contributed by atoms with van der Waals surface area (Å²) in [4.78, 5) is 28.1. The van der Waals surface area contributed by atoms with E-state index in [2.05, 4.69) is 15.1 Å². The number of benzene rings is 1. The number of esters is 1. The smallest absolute Gasteiger partial charge is 0.410 e. The number of fused-ring (bicyclic) bond motifs is 1. The quantitative estimate of drug-likeness (QED) is 0.749. The maximum absolute atomic E-state index is 12.2. The minimum Gasteiger partial charge on any atom is -0.465 e. The van der Waals surface area contributed by atoms with Gasteiger partial charge in [0, 0.05) is 31.6 Å². The number of carbonyl (C=O) groups is 2. The predicted molar refractivity (Wildman–Crippen MR) is 101 cm³/mol. The molecule has 0 N–H and O–H groups in total. The second-order valence-corrected chi connectivity index (χ2v) is 7.37. The van der Waals surface area contributed by atoms with Gasteiger partial charge in [-0.1, -0.05) is 0 Å². The van der Waals surface area contributed by atoms with E-state index >= 15 is 0 Å². The lowest BCUT2D eigenvalue weighted by Crippen LogP contribution is -2.50. The molecule has 0 saturated carbocycles. The van der Waals surface area contributed by atoms with Crippen LogP contribution in [-0.2, 0) is 9.47 Å². The summed E-state index contributed by atoms with van der Waals surface area (Å²) >= 11 is 0. The summed E-state index contributed by atoms with van der Waals surface area (Å²) in [6, 6.07) is 5.35. The molecule has 144 valence electrons. The first kappa shape index (κ1) is 18.9. The van der Waals surface area contributed by atoms with Crippen LogP contribution in [0.15, 0.2) is 24.4 Å². The lowest BCUT2D eigenvalue weighted by molar-refractivity contribution is 0.0240. The lowest BCUT2D eigenvalue weighted by atomic mass is 10.1. The van der Waals surface area contributed by atoms with Crippen LogP contribution in [0, 0.1) is 0 Å². The van der Waals surface area contributed by atoms with Crippen LogP contribution in [0.4, 0.5) is 10.5 Å². The summed E-state index contributed by atoms with van der Waals surface area (Å²) < 4.78 is 10.3. The zero-order chi connectivity index (χ0) is 19.6. The van der Waals surface area contributed by atoms with Gasteiger partial charge in [-0.25, -0.2) is 9.59 Å². The van der Waals surface area contributed by atoms with Crippen molar-refractivity contribution in [3.8, 4) is 0 Å². The number of rotatable bonds is 2. The zero-order valence-electron chi connectivity index (χ0n) is 16.1. The second kappa shape index (κ2) is 7.38. The van der Waals surface area contributed by atoms with Crippen LogP contribution in [-0.4, -0.2) is 66.0 Å². The van der Waals surface area contributed by atoms with Crippen molar-refractivity contribution in [2.24, 2.45) is 0 Å². The van der Waals surface area contributed by atoms with Gasteiger partial charge >= 0.3 is 12.1 Å². The van der Waals surface area contributed by atoms with Gasteiger partial charge in [0.05, 0.1) is 24.6 Å². The van der Waals surface area contributed by atoms with Gasteiger partial charge < -0.3 is 19.3 Å². The summed E-state index contributed by atoms with van der Waals surface area (Å²) in [6.07, 6.45) is 1.26. The van der Waals surface area contributed by atoms with Crippen molar-refractivity contribution in [2.45, 2.75) is 26.4 Å². The summed E-state index contributed by atoms with van der Waals surface area (Å²) in [5, 5.41) is 8.89. The Kier molecular flexibility index (Phi) is 5.16. The Hall–Kier alpha value is -2.90. The fraction of sp³-hybridized carbons (Fsp3) is 0.474. The van der Waals surface area contributed by atoms with Crippen LogP contribution in [0.5, 0.6) is 0 Å². The highest BCUT2D eigenvalue weighted by molar-refractivity contribution is 6.06. The van der Waals surface area contributed by atoms with Gasteiger partial charge in [0.2, 0.25) is 0 Å². The van der Waals surface area contributed by atoms with E-state index in [-0.39, 0.29) is 6.09 Å². The molecule has 8 nitrogen and oxygen atoms in total. The molecule has 1 aliphatic rings. The summed E-state index contributed by atoms with van der Waals surface area (Å²) in [5.41, 5.74) is 1.48. The third kappa shape index (κ3) is 4.10. The van der Waals surface area contributed by atoms with E-state index in [1.807, 2.05) is 26.8 Å². The molecule has 0 atom stereocenters. The monoisotopic (exact) mass is 372 g/mol. The molecule has 1 saturated heterocycles. The molecule has 1 amide bonds. The van der Waals surface area contributed by atoms with E-state index in [0.717, 1.165) is 5.69 Å². The number of hydrogen-bond acceptors (Lipinski definition) is 7. The Morgan fingerprint density at radius 1 is 1.07 bits per heavy atom. The first-order valence-electron chi connectivity index (χ1n) is 8.86. The van der Waals surface area contributed by atoms with Crippen molar-refractivity contribution < 1.29 is 19.1 Å². The van der Waals surface area contributed by atoms with E-state index in [0.29, 0.717) is 42.6 Å². The van der Waals surface area contributed by atoms with Crippen molar-refractivity contribution in [2.75, 3.05) is 38.2 Å². The van der Waals surface area contributed by atoms with Crippen LogP contribution in [0.2, 0.25) is 0 Å². The molecule has 1 fully saturated rings. The normalized spacial score (nSPS) is 15.0. The number of aromatic nitrogens is 2. The van der Waals surface area contributed by atoms with Crippen molar-refractivity contribution >= 4 is 28.7 Å². The number of carbonyl (C=O) groups excluding carboxylic acids is 2. The van der Waals surface area contributed by atoms with Crippen molar-refractivity contribution in [3.05, 3.63) is 30.0 Å². The average Bonchev–Trinajstić information content (AvgIpc) is 2.65. The van der Waals surface area contributed by atoms with E-state index < -0.39 is 11.6 Å². The first-order valence-corrected chi connectivity index (χ1v) is 8.86. The molecule has 1 aliphatic heterocycles. The van der Waals surface area contributed by atoms with Gasteiger partial charge in [0.1, 0.15) is 11.1 Å². The van der Waals surface area contributed by atoms with Crippen molar-refractivity contribution in [3.63, 3.8) is 0 Å². The number of anilines is 1. The summed E-state index contributed by atoms with van der Waals surface area (Å²) in [6.45, 7) is 7.95. The van der Waals surface area contributed by atoms with Crippen LogP contribution in [0.25, 0.3) is 10.9 Å². The molecule has 3 rings (SSSR count). The Labute approximate surface area is 158 Å². The van der Waals surface area contributed by atoms with Crippen LogP contribution in [0.3, 0.4) is 0 Å².